The van der Waals surface area contributed by atoms with E-state index in [0.29, 0.717) is 16.5 Å². The van der Waals surface area contributed by atoms with E-state index in [1.165, 1.54) is 11.8 Å². The minimum atomic E-state index is 0.0406. The predicted octanol–water partition coefficient (Wildman–Crippen LogP) is 4.16. The average Bonchev–Trinajstić information content (AvgIpc) is 3.38. The molecule has 0 fully saturated rings. The van der Waals surface area contributed by atoms with Crippen LogP contribution >= 0.6 is 11.8 Å². The normalized spacial score (nSPS) is 11.2. The van der Waals surface area contributed by atoms with Crippen LogP contribution in [-0.4, -0.2) is 36.0 Å². The van der Waals surface area contributed by atoms with E-state index in [0.717, 1.165) is 28.5 Å². The molecule has 0 aliphatic rings. The molecule has 4 aromatic rings. The van der Waals surface area contributed by atoms with Gasteiger partial charge < -0.3 is 9.09 Å². The number of nitrogens with zero attached hydrogens (tertiary/aromatic N) is 5. The van der Waals surface area contributed by atoms with Crippen LogP contribution in [-0.2, 0) is 7.05 Å². The van der Waals surface area contributed by atoms with E-state index in [1.54, 1.807) is 0 Å². The van der Waals surface area contributed by atoms with Crippen LogP contribution in [0.4, 0.5) is 0 Å². The smallest absolute Gasteiger partial charge is 0.191 e. The summed E-state index contributed by atoms with van der Waals surface area (Å²) in [5.41, 5.74) is 3.46. The molecule has 0 N–H and O–H groups in total. The first kappa shape index (κ1) is 19.2. The van der Waals surface area contributed by atoms with Crippen molar-refractivity contribution in [1.29, 1.82) is 0 Å². The molecule has 7 nitrogen and oxygen atoms in total. The van der Waals surface area contributed by atoms with Crippen molar-refractivity contribution in [2.24, 2.45) is 7.05 Å². The quantitative estimate of drug-likeness (QED) is 0.353. The van der Waals surface area contributed by atoms with E-state index in [9.17, 15) is 4.79 Å². The van der Waals surface area contributed by atoms with Gasteiger partial charge in [0.1, 0.15) is 5.76 Å². The van der Waals surface area contributed by atoms with Crippen molar-refractivity contribution in [1.82, 2.24) is 24.5 Å². The van der Waals surface area contributed by atoms with Crippen molar-refractivity contribution < 1.29 is 9.32 Å². The van der Waals surface area contributed by atoms with Gasteiger partial charge in [0.15, 0.2) is 22.6 Å². The standard InChI is InChI=1S/C21H21N5O2S/c1-13-10-17(15(3)26(13)19-11-14(2)28-24-19)18(27)12-29-21-23-22-20(25(21)4)16-8-6-5-7-9-16/h5-11H,12H2,1-4H3. The summed E-state index contributed by atoms with van der Waals surface area (Å²) in [6.07, 6.45) is 0. The van der Waals surface area contributed by atoms with Crippen molar-refractivity contribution in [2.45, 2.75) is 25.9 Å². The summed E-state index contributed by atoms with van der Waals surface area (Å²) < 4.78 is 9.02. The van der Waals surface area contributed by atoms with Gasteiger partial charge in [-0.3, -0.25) is 9.36 Å². The number of ketones is 1. The highest BCUT2D eigenvalue weighted by atomic mass is 32.2. The summed E-state index contributed by atoms with van der Waals surface area (Å²) in [4.78, 5) is 12.9. The van der Waals surface area contributed by atoms with Gasteiger partial charge in [-0.05, 0) is 26.8 Å². The second-order valence-corrected chi connectivity index (χ2v) is 7.80. The maximum atomic E-state index is 12.9. The molecule has 0 saturated heterocycles. The Bertz CT molecular complexity index is 1170. The van der Waals surface area contributed by atoms with Gasteiger partial charge in [-0.15, -0.1) is 10.2 Å². The Balaban J connectivity index is 1.52. The zero-order chi connectivity index (χ0) is 20.5. The highest BCUT2D eigenvalue weighted by Crippen LogP contribution is 2.25. The van der Waals surface area contributed by atoms with Crippen molar-refractivity contribution in [2.75, 3.05) is 5.75 Å². The van der Waals surface area contributed by atoms with Gasteiger partial charge >= 0.3 is 0 Å². The number of aryl methyl sites for hydroxylation is 2. The number of benzene rings is 1. The molecule has 3 heterocycles. The van der Waals surface area contributed by atoms with Gasteiger partial charge in [-0.2, -0.15) is 0 Å². The summed E-state index contributed by atoms with van der Waals surface area (Å²) in [5, 5.41) is 13.3. The molecule has 0 spiro atoms. The van der Waals surface area contributed by atoms with Crippen LogP contribution in [0.25, 0.3) is 17.2 Å². The van der Waals surface area contributed by atoms with Crippen molar-refractivity contribution in [3.8, 4) is 17.2 Å². The van der Waals surface area contributed by atoms with E-state index < -0.39 is 0 Å². The third-order valence-electron chi connectivity index (χ3n) is 4.78. The lowest BCUT2D eigenvalue weighted by Gasteiger charge is -2.05. The van der Waals surface area contributed by atoms with Crippen LogP contribution in [0.3, 0.4) is 0 Å². The number of Topliss-reactive ketones (excluding diaryl/α,β-unsaturated/α-hetero) is 1. The third-order valence-corrected chi connectivity index (χ3v) is 5.80. The van der Waals surface area contributed by atoms with Gasteiger partial charge in [0, 0.05) is 35.6 Å². The molecule has 8 heteroatoms. The third kappa shape index (κ3) is 3.63. The molecule has 0 unspecified atom stereocenters. The minimum absolute atomic E-state index is 0.0406. The fourth-order valence-electron chi connectivity index (χ4n) is 3.34. The number of carbonyl (C=O) groups is 1. The lowest BCUT2D eigenvalue weighted by Crippen LogP contribution is -2.06. The molecule has 0 saturated carbocycles. The average molecular weight is 407 g/mol. The summed E-state index contributed by atoms with van der Waals surface area (Å²) in [6.45, 7) is 5.72. The van der Waals surface area contributed by atoms with Crippen LogP contribution in [0.1, 0.15) is 27.5 Å². The van der Waals surface area contributed by atoms with Crippen molar-refractivity contribution in [3.05, 3.63) is 65.2 Å². The van der Waals surface area contributed by atoms with E-state index in [2.05, 4.69) is 15.4 Å². The molecule has 0 amide bonds. The molecular formula is C21H21N5O2S. The maximum Gasteiger partial charge on any atom is 0.191 e. The number of carbonyl (C=O) groups excluding carboxylic acids is 1. The Morgan fingerprint density at radius 1 is 1.10 bits per heavy atom. The minimum Gasteiger partial charge on any atom is -0.360 e. The molecule has 29 heavy (non-hydrogen) atoms. The lowest BCUT2D eigenvalue weighted by molar-refractivity contribution is 0.102. The molecule has 0 radical (unpaired) electrons. The highest BCUT2D eigenvalue weighted by molar-refractivity contribution is 7.99. The zero-order valence-corrected chi connectivity index (χ0v) is 17.5. The summed E-state index contributed by atoms with van der Waals surface area (Å²) >= 11 is 1.39. The summed E-state index contributed by atoms with van der Waals surface area (Å²) in [7, 11) is 1.91. The molecule has 4 rings (SSSR count). The maximum absolute atomic E-state index is 12.9. The fourth-order valence-corrected chi connectivity index (χ4v) is 4.14. The molecule has 148 valence electrons. The second-order valence-electron chi connectivity index (χ2n) is 6.86. The van der Waals surface area contributed by atoms with Crippen LogP contribution in [0, 0.1) is 20.8 Å². The van der Waals surface area contributed by atoms with Gasteiger partial charge in [-0.1, -0.05) is 47.3 Å². The first-order valence-corrected chi connectivity index (χ1v) is 10.2. The van der Waals surface area contributed by atoms with Crippen molar-refractivity contribution >= 4 is 17.5 Å². The second kappa shape index (κ2) is 7.71. The fraction of sp³-hybridized carbons (Fsp3) is 0.238. The van der Waals surface area contributed by atoms with E-state index in [1.807, 2.05) is 79.4 Å². The molecular weight excluding hydrogens is 386 g/mol. The Morgan fingerprint density at radius 3 is 2.55 bits per heavy atom. The van der Waals surface area contributed by atoms with E-state index in [-0.39, 0.29) is 11.5 Å². The van der Waals surface area contributed by atoms with E-state index >= 15 is 0 Å². The van der Waals surface area contributed by atoms with Gasteiger partial charge in [0.05, 0.1) is 5.75 Å². The van der Waals surface area contributed by atoms with Crippen LogP contribution < -0.4 is 0 Å². The van der Waals surface area contributed by atoms with Gasteiger partial charge in [0.25, 0.3) is 0 Å². The molecule has 0 bridgehead atoms. The first-order valence-electron chi connectivity index (χ1n) is 9.19. The molecule has 0 aliphatic heterocycles. The highest BCUT2D eigenvalue weighted by Gasteiger charge is 2.20. The Hall–Kier alpha value is -3.13. The zero-order valence-electron chi connectivity index (χ0n) is 16.7. The van der Waals surface area contributed by atoms with E-state index in [4.69, 9.17) is 4.52 Å². The largest absolute Gasteiger partial charge is 0.360 e. The molecule has 0 aliphatic carbocycles. The number of thioether (sulfide) groups is 1. The van der Waals surface area contributed by atoms with Crippen molar-refractivity contribution in [3.63, 3.8) is 0 Å². The topological polar surface area (TPSA) is 78.7 Å². The van der Waals surface area contributed by atoms with Gasteiger partial charge in [-0.25, -0.2) is 0 Å². The monoisotopic (exact) mass is 407 g/mol. The Morgan fingerprint density at radius 2 is 1.86 bits per heavy atom. The SMILES string of the molecule is Cc1cc(-n2c(C)cc(C(=O)CSc3nnc(-c4ccccc4)n3C)c2C)no1. The summed E-state index contributed by atoms with van der Waals surface area (Å²) in [6, 6.07) is 13.6. The number of hydrogen-bond donors (Lipinski definition) is 0. The number of rotatable bonds is 6. The Labute approximate surface area is 172 Å². The summed E-state index contributed by atoms with van der Waals surface area (Å²) in [5.74, 6) is 2.51. The number of hydrogen-bond acceptors (Lipinski definition) is 6. The lowest BCUT2D eigenvalue weighted by atomic mass is 10.2. The van der Waals surface area contributed by atoms with Gasteiger partial charge in [0.2, 0.25) is 0 Å². The Kier molecular flexibility index (Phi) is 5.10. The molecule has 1 aromatic carbocycles. The van der Waals surface area contributed by atoms with Crippen LogP contribution in [0.5, 0.6) is 0 Å². The first-order chi connectivity index (χ1) is 14.0. The predicted molar refractivity (Wildman–Crippen MR) is 112 cm³/mol. The molecule has 3 aromatic heterocycles. The van der Waals surface area contributed by atoms with Crippen LogP contribution in [0.2, 0.25) is 0 Å². The molecule has 0 atom stereocenters. The number of aromatic nitrogens is 5. The van der Waals surface area contributed by atoms with Crippen LogP contribution in [0.15, 0.2) is 52.1 Å².